The molecule has 3 saturated carbocycles. The van der Waals surface area contributed by atoms with Gasteiger partial charge in [-0.25, -0.2) is 9.50 Å². The molecule has 3 aliphatic rings. The second-order valence-corrected chi connectivity index (χ2v) is 10.5. The molecule has 0 unspecified atom stereocenters. The van der Waals surface area contributed by atoms with Crippen LogP contribution in [0, 0.1) is 10.8 Å². The molecule has 2 N–H and O–H groups in total. The number of benzene rings is 1. The molecule has 3 aromatic rings. The number of amides is 2. The van der Waals surface area contributed by atoms with E-state index in [1.54, 1.807) is 13.0 Å². The van der Waals surface area contributed by atoms with Crippen molar-refractivity contribution in [3.05, 3.63) is 65.1 Å². The molecule has 1 aromatic carbocycles. The molecule has 2 bridgehead atoms. The van der Waals surface area contributed by atoms with Crippen molar-refractivity contribution in [1.29, 1.82) is 0 Å². The van der Waals surface area contributed by atoms with Gasteiger partial charge in [-0.15, -0.1) is 0 Å². The first-order valence-corrected chi connectivity index (χ1v) is 12.6. The summed E-state index contributed by atoms with van der Waals surface area (Å²) in [6.45, 7) is 2.14. The highest BCUT2D eigenvalue weighted by Crippen LogP contribution is 2.56. The van der Waals surface area contributed by atoms with E-state index >= 15 is 0 Å². The second kappa shape index (κ2) is 9.52. The van der Waals surface area contributed by atoms with E-state index in [9.17, 15) is 27.6 Å². The molecule has 200 valence electrons. The normalized spacial score (nSPS) is 22.8. The van der Waals surface area contributed by atoms with Gasteiger partial charge in [0.05, 0.1) is 11.8 Å². The maximum Gasteiger partial charge on any atom is 0.416 e. The number of rotatable bonds is 7. The van der Waals surface area contributed by atoms with Gasteiger partial charge in [0.1, 0.15) is 17.2 Å². The van der Waals surface area contributed by atoms with Crippen LogP contribution >= 0.6 is 0 Å². The average Bonchev–Trinajstić information content (AvgIpc) is 3.39. The molecular weight excluding hydrogens is 499 g/mol. The fourth-order valence-electron chi connectivity index (χ4n) is 5.69. The van der Waals surface area contributed by atoms with E-state index in [1.807, 2.05) is 0 Å². The molecule has 6 rings (SSSR count). The SMILES string of the molecule is CC(=O)C12CCC(CNC(=O)c3cc(C(=O)NCc4ccc(C(F)(F)F)cc4)nc4ccnn34)(CC1)CC2. The van der Waals surface area contributed by atoms with E-state index in [2.05, 4.69) is 20.7 Å². The number of carbonyl (C=O) groups excluding carboxylic acids is 3. The largest absolute Gasteiger partial charge is 0.416 e. The van der Waals surface area contributed by atoms with Crippen LogP contribution in [-0.4, -0.2) is 38.7 Å². The highest BCUT2D eigenvalue weighted by Gasteiger charge is 2.50. The molecule has 0 spiro atoms. The lowest BCUT2D eigenvalue weighted by Gasteiger charge is -2.52. The van der Waals surface area contributed by atoms with Crippen molar-refractivity contribution in [1.82, 2.24) is 25.2 Å². The van der Waals surface area contributed by atoms with Gasteiger partial charge in [0.2, 0.25) is 0 Å². The number of carbonyl (C=O) groups is 3. The van der Waals surface area contributed by atoms with Gasteiger partial charge in [0.25, 0.3) is 11.8 Å². The summed E-state index contributed by atoms with van der Waals surface area (Å²) in [7, 11) is 0. The Balaban J connectivity index is 1.26. The Labute approximate surface area is 217 Å². The number of hydrogen-bond donors (Lipinski definition) is 2. The van der Waals surface area contributed by atoms with Gasteiger partial charge in [0, 0.05) is 30.6 Å². The van der Waals surface area contributed by atoms with Crippen LogP contribution < -0.4 is 10.6 Å². The van der Waals surface area contributed by atoms with Crippen molar-refractivity contribution in [3.8, 4) is 0 Å². The van der Waals surface area contributed by atoms with Crippen LogP contribution in [0.4, 0.5) is 13.2 Å². The number of fused-ring (bicyclic) bond motifs is 4. The van der Waals surface area contributed by atoms with Crippen LogP contribution in [0.1, 0.15) is 77.6 Å². The Morgan fingerprint density at radius 1 is 0.947 bits per heavy atom. The molecule has 8 nitrogen and oxygen atoms in total. The minimum atomic E-state index is -4.43. The lowest BCUT2D eigenvalue weighted by Crippen LogP contribution is -2.49. The number of hydrogen-bond acceptors (Lipinski definition) is 5. The van der Waals surface area contributed by atoms with Crippen LogP contribution in [0.15, 0.2) is 42.6 Å². The van der Waals surface area contributed by atoms with Crippen LogP contribution in [-0.2, 0) is 17.5 Å². The van der Waals surface area contributed by atoms with Gasteiger partial charge >= 0.3 is 6.18 Å². The van der Waals surface area contributed by atoms with Crippen LogP contribution in [0.25, 0.3) is 5.65 Å². The summed E-state index contributed by atoms with van der Waals surface area (Å²) in [5.74, 6) is -0.695. The van der Waals surface area contributed by atoms with Crippen LogP contribution in [0.5, 0.6) is 0 Å². The number of ketones is 1. The zero-order chi connectivity index (χ0) is 27.1. The Bertz CT molecular complexity index is 1370. The second-order valence-electron chi connectivity index (χ2n) is 10.5. The molecule has 3 fully saturated rings. The summed E-state index contributed by atoms with van der Waals surface area (Å²) in [5, 5.41) is 9.82. The standard InChI is InChI=1S/C27H28F3N5O3/c1-17(36)26-10-7-25(8-11-26,9-12-26)16-32-24(38)21-14-20(34-22-6-13-33-35(21)22)23(37)31-15-18-2-4-19(5-3-18)27(28,29)30/h2-6,13-14H,7-12,15-16H2,1H3,(H,31,37)(H,32,38). The third-order valence-corrected chi connectivity index (χ3v) is 8.33. The van der Waals surface area contributed by atoms with Crippen molar-refractivity contribution in [2.75, 3.05) is 6.54 Å². The summed E-state index contributed by atoms with van der Waals surface area (Å²) in [4.78, 5) is 42.5. The number of nitrogens with zero attached hydrogens (tertiary/aromatic N) is 3. The summed E-state index contributed by atoms with van der Waals surface area (Å²) in [6, 6.07) is 7.44. The Kier molecular flexibility index (Phi) is 6.48. The van der Waals surface area contributed by atoms with Gasteiger partial charge in [-0.3, -0.25) is 14.4 Å². The molecule has 0 radical (unpaired) electrons. The fraction of sp³-hybridized carbons (Fsp3) is 0.444. The third-order valence-electron chi connectivity index (χ3n) is 8.33. The number of alkyl halides is 3. The first-order chi connectivity index (χ1) is 18.0. The summed E-state index contributed by atoms with van der Waals surface area (Å²) < 4.78 is 39.7. The van der Waals surface area contributed by atoms with Crippen molar-refractivity contribution >= 4 is 23.2 Å². The Morgan fingerprint density at radius 3 is 2.21 bits per heavy atom. The summed E-state index contributed by atoms with van der Waals surface area (Å²) in [5.41, 5.74) is -0.0447. The van der Waals surface area contributed by atoms with Crippen LogP contribution in [0.3, 0.4) is 0 Å². The smallest absolute Gasteiger partial charge is 0.350 e. The van der Waals surface area contributed by atoms with Crippen molar-refractivity contribution < 1.29 is 27.6 Å². The Hall–Kier alpha value is -3.76. The van der Waals surface area contributed by atoms with E-state index in [4.69, 9.17) is 0 Å². The lowest BCUT2D eigenvalue weighted by molar-refractivity contribution is -0.137. The quantitative estimate of drug-likeness (QED) is 0.476. The van der Waals surface area contributed by atoms with Crippen molar-refractivity contribution in [2.45, 2.75) is 58.2 Å². The van der Waals surface area contributed by atoms with Gasteiger partial charge in [0.15, 0.2) is 5.65 Å². The highest BCUT2D eigenvalue weighted by molar-refractivity contribution is 5.98. The topological polar surface area (TPSA) is 105 Å². The average molecular weight is 528 g/mol. The fourth-order valence-corrected chi connectivity index (χ4v) is 5.69. The zero-order valence-corrected chi connectivity index (χ0v) is 20.9. The van der Waals surface area contributed by atoms with E-state index in [1.165, 1.54) is 28.9 Å². The highest BCUT2D eigenvalue weighted by atomic mass is 19.4. The molecule has 11 heteroatoms. The maximum atomic E-state index is 13.2. The van der Waals surface area contributed by atoms with Crippen LogP contribution in [0.2, 0.25) is 0 Å². The predicted molar refractivity (Wildman–Crippen MR) is 131 cm³/mol. The molecule has 2 heterocycles. The van der Waals surface area contributed by atoms with E-state index in [0.29, 0.717) is 17.8 Å². The predicted octanol–water partition coefficient (Wildman–Crippen LogP) is 4.34. The number of Topliss-reactive ketones (excluding diaryl/α,β-unsaturated/α-hetero) is 1. The summed E-state index contributed by atoms with van der Waals surface area (Å²) >= 11 is 0. The van der Waals surface area contributed by atoms with E-state index < -0.39 is 17.6 Å². The molecule has 2 aromatic heterocycles. The Morgan fingerprint density at radius 2 is 1.61 bits per heavy atom. The first-order valence-electron chi connectivity index (χ1n) is 12.6. The molecule has 3 aliphatic carbocycles. The van der Waals surface area contributed by atoms with E-state index in [0.717, 1.165) is 50.7 Å². The molecular formula is C27H28F3N5O3. The van der Waals surface area contributed by atoms with Gasteiger partial charge in [-0.2, -0.15) is 18.3 Å². The molecule has 0 atom stereocenters. The lowest BCUT2D eigenvalue weighted by atomic mass is 9.52. The third kappa shape index (κ3) is 4.89. The number of aromatic nitrogens is 3. The molecule has 0 saturated heterocycles. The molecule has 0 aliphatic heterocycles. The van der Waals surface area contributed by atoms with Crippen molar-refractivity contribution in [2.24, 2.45) is 10.8 Å². The number of halogens is 3. The van der Waals surface area contributed by atoms with Gasteiger partial charge in [-0.05, 0) is 68.6 Å². The first kappa shape index (κ1) is 25.9. The minimum Gasteiger partial charge on any atom is -0.350 e. The van der Waals surface area contributed by atoms with Gasteiger partial charge < -0.3 is 10.6 Å². The number of nitrogens with one attached hydrogen (secondary N) is 2. The molecule has 2 amide bonds. The minimum absolute atomic E-state index is 0.00482. The molecule has 38 heavy (non-hydrogen) atoms. The van der Waals surface area contributed by atoms with Gasteiger partial charge in [-0.1, -0.05) is 12.1 Å². The van der Waals surface area contributed by atoms with Crippen molar-refractivity contribution in [3.63, 3.8) is 0 Å². The monoisotopic (exact) mass is 527 g/mol. The van der Waals surface area contributed by atoms with E-state index in [-0.39, 0.29) is 40.5 Å². The maximum absolute atomic E-state index is 13.2. The zero-order valence-electron chi connectivity index (χ0n) is 20.9. The summed E-state index contributed by atoms with van der Waals surface area (Å²) in [6.07, 6.45) is 2.25.